The monoisotopic (exact) mass is 537 g/mol. The van der Waals surface area contributed by atoms with E-state index in [1.807, 2.05) is 60.7 Å². The number of nitrogens with zero attached hydrogens (tertiary/aromatic N) is 1. The number of amides is 2. The third-order valence-corrected chi connectivity index (χ3v) is 8.97. The Morgan fingerprint density at radius 1 is 0.800 bits per heavy atom. The second-order valence-corrected chi connectivity index (χ2v) is 11.1. The number of rotatable bonds is 4. The predicted octanol–water partition coefficient (Wildman–Crippen LogP) is 1.88. The Morgan fingerprint density at radius 3 is 2.06 bits per heavy atom. The van der Waals surface area contributed by atoms with E-state index >= 15 is 0 Å². The molecule has 6 rings (SSSR count). The first-order valence-corrected chi connectivity index (χ1v) is 13.3. The van der Waals surface area contributed by atoms with Crippen LogP contribution in [0, 0.1) is 0 Å². The number of hydrogen-bond acceptors (Lipinski definition) is 6. The van der Waals surface area contributed by atoms with Gasteiger partial charge in [-0.1, -0.05) is 0 Å². The molecule has 0 bridgehead atoms. The summed E-state index contributed by atoms with van der Waals surface area (Å²) in [6, 6.07) is 25.1. The van der Waals surface area contributed by atoms with Crippen LogP contribution in [0.4, 0.5) is 0 Å². The first kappa shape index (κ1) is 22.6. The average Bonchev–Trinajstić information content (AvgIpc) is 3.15. The van der Waals surface area contributed by atoms with Gasteiger partial charge in [0.2, 0.25) is 0 Å². The van der Waals surface area contributed by atoms with Crippen LogP contribution < -0.4 is 4.46 Å². The van der Waals surface area contributed by atoms with E-state index in [0.717, 1.165) is 10.0 Å². The van der Waals surface area contributed by atoms with Gasteiger partial charge in [-0.3, -0.25) is 0 Å². The van der Waals surface area contributed by atoms with Gasteiger partial charge in [-0.05, 0) is 0 Å². The zero-order valence-corrected chi connectivity index (χ0v) is 20.3. The van der Waals surface area contributed by atoms with Crippen LogP contribution in [0.2, 0.25) is 0 Å². The number of imide groups is 1. The van der Waals surface area contributed by atoms with Gasteiger partial charge in [-0.2, -0.15) is 0 Å². The molecule has 0 aliphatic carbocycles. The van der Waals surface area contributed by atoms with Crippen LogP contribution in [0.25, 0.3) is 0 Å². The molecule has 2 saturated heterocycles. The van der Waals surface area contributed by atoms with Crippen molar-refractivity contribution in [1.29, 1.82) is 0 Å². The van der Waals surface area contributed by atoms with E-state index in [2.05, 4.69) is 0 Å². The normalized spacial score (nSPS) is 30.1. The molecule has 3 aliphatic rings. The Kier molecular flexibility index (Phi) is 6.02. The van der Waals surface area contributed by atoms with Crippen LogP contribution in [0.5, 0.6) is 0 Å². The second kappa shape index (κ2) is 9.32. The van der Waals surface area contributed by atoms with Crippen LogP contribution in [-0.4, -0.2) is 72.7 Å². The molecule has 8 heteroatoms. The first-order chi connectivity index (χ1) is 17.1. The van der Waals surface area contributed by atoms with Crippen molar-refractivity contribution < 1.29 is 28.9 Å². The van der Waals surface area contributed by atoms with Crippen molar-refractivity contribution in [1.82, 2.24) is 4.90 Å². The summed E-state index contributed by atoms with van der Waals surface area (Å²) in [5.74, 6) is -0.838. The molecule has 0 radical (unpaired) electrons. The Bertz CT molecular complexity index is 1200. The molecule has 178 valence electrons. The van der Waals surface area contributed by atoms with E-state index in [0.29, 0.717) is 11.1 Å². The van der Waals surface area contributed by atoms with Crippen molar-refractivity contribution in [2.24, 2.45) is 0 Å². The quantitative estimate of drug-likeness (QED) is 0.405. The van der Waals surface area contributed by atoms with Crippen molar-refractivity contribution in [2.45, 2.75) is 35.6 Å². The summed E-state index contributed by atoms with van der Waals surface area (Å²) in [6.07, 6.45) is -3.09. The molecule has 3 aromatic carbocycles. The van der Waals surface area contributed by atoms with Gasteiger partial charge in [-0.15, -0.1) is 0 Å². The summed E-state index contributed by atoms with van der Waals surface area (Å²) in [5.41, 5.74) is 1.51. The number of fused-ring (bicyclic) bond motifs is 2. The molecule has 35 heavy (non-hydrogen) atoms. The van der Waals surface area contributed by atoms with Gasteiger partial charge in [0.15, 0.2) is 0 Å². The Morgan fingerprint density at radius 2 is 1.40 bits per heavy atom. The SMILES string of the molecule is O=C1c2ccccc2C(=O)N1[C@@H]1[C@@H](O)[C@@H]2O[C@H](c3ccccc3)OC[C@H]2O[C@H]1[Se]c1ccccc1. The van der Waals surface area contributed by atoms with Gasteiger partial charge in [0.05, 0.1) is 0 Å². The van der Waals surface area contributed by atoms with Gasteiger partial charge in [0.1, 0.15) is 0 Å². The van der Waals surface area contributed by atoms with Crippen LogP contribution in [0.15, 0.2) is 84.9 Å². The average molecular weight is 536 g/mol. The molecule has 0 aromatic heterocycles. The first-order valence-electron chi connectivity index (χ1n) is 11.5. The molecule has 2 amide bonds. The molecule has 3 aromatic rings. The van der Waals surface area contributed by atoms with Crippen LogP contribution >= 0.6 is 0 Å². The van der Waals surface area contributed by atoms with E-state index in [-0.39, 0.29) is 21.6 Å². The summed E-state index contributed by atoms with van der Waals surface area (Å²) in [5, 5.41) is 11.1. The number of aliphatic hydroxyl groups excluding tert-OH is 1. The van der Waals surface area contributed by atoms with Crippen molar-refractivity contribution in [3.8, 4) is 0 Å². The van der Waals surface area contributed by atoms with Gasteiger partial charge < -0.3 is 0 Å². The molecule has 2 fully saturated rings. The zero-order valence-electron chi connectivity index (χ0n) is 18.6. The van der Waals surface area contributed by atoms with Crippen LogP contribution in [-0.2, 0) is 14.2 Å². The summed E-state index contributed by atoms with van der Waals surface area (Å²) < 4.78 is 19.6. The minimum atomic E-state index is -1.14. The number of aliphatic hydroxyl groups is 1. The van der Waals surface area contributed by atoms with Crippen molar-refractivity contribution in [3.05, 3.63) is 102 Å². The van der Waals surface area contributed by atoms with E-state index < -0.39 is 47.5 Å². The summed E-state index contributed by atoms with van der Waals surface area (Å²) in [6.45, 7) is 0.234. The standard InChI is InChI=1S/C27H23NO6Se/c29-22-21(28-24(30)18-13-7-8-14-19(18)25(28)31)27(35-17-11-5-2-6-12-17)33-20-15-32-26(34-23(20)22)16-9-3-1-4-10-16/h1-14,20-23,26-27,29H,15H2/t20-,21-,22-,23-,26-,27+/m1/s1. The fourth-order valence-electron chi connectivity index (χ4n) is 4.84. The summed E-state index contributed by atoms with van der Waals surface area (Å²) >= 11 is -0.288. The molecule has 6 atom stereocenters. The zero-order chi connectivity index (χ0) is 23.9. The van der Waals surface area contributed by atoms with Gasteiger partial charge in [-0.25, -0.2) is 0 Å². The van der Waals surface area contributed by atoms with Crippen molar-refractivity contribution in [3.63, 3.8) is 0 Å². The maximum atomic E-state index is 13.4. The minimum absolute atomic E-state index is 0.234. The second-order valence-electron chi connectivity index (χ2n) is 8.66. The van der Waals surface area contributed by atoms with Crippen LogP contribution in [0.3, 0.4) is 0 Å². The molecule has 0 saturated carbocycles. The van der Waals surface area contributed by atoms with E-state index in [9.17, 15) is 14.7 Å². The fourth-order valence-corrected chi connectivity index (χ4v) is 7.36. The third kappa shape index (κ3) is 4.02. The topological polar surface area (TPSA) is 85.3 Å². The Hall–Kier alpha value is -2.84. The summed E-state index contributed by atoms with van der Waals surface area (Å²) in [7, 11) is 0. The molecule has 7 nitrogen and oxygen atoms in total. The number of carbonyl (C=O) groups is 2. The Labute approximate surface area is 208 Å². The molecule has 1 N–H and O–H groups in total. The van der Waals surface area contributed by atoms with E-state index in [4.69, 9.17) is 14.2 Å². The number of ether oxygens (including phenoxy) is 3. The molecule has 0 unspecified atom stereocenters. The Balaban J connectivity index is 1.34. The predicted molar refractivity (Wildman–Crippen MR) is 127 cm³/mol. The number of carbonyl (C=O) groups excluding carboxylic acids is 2. The van der Waals surface area contributed by atoms with E-state index in [1.165, 1.54) is 4.90 Å². The molecule has 3 aliphatic heterocycles. The van der Waals surface area contributed by atoms with Crippen LogP contribution in [0.1, 0.15) is 32.6 Å². The maximum absolute atomic E-state index is 13.4. The van der Waals surface area contributed by atoms with Gasteiger partial charge in [0.25, 0.3) is 0 Å². The summed E-state index contributed by atoms with van der Waals surface area (Å²) in [4.78, 5) is 27.9. The van der Waals surface area contributed by atoms with Gasteiger partial charge >= 0.3 is 209 Å². The molecular weight excluding hydrogens is 513 g/mol. The van der Waals surface area contributed by atoms with Crippen molar-refractivity contribution >= 4 is 31.2 Å². The molecule has 3 heterocycles. The number of benzene rings is 3. The van der Waals surface area contributed by atoms with E-state index in [1.54, 1.807) is 24.3 Å². The van der Waals surface area contributed by atoms with Gasteiger partial charge in [0, 0.05) is 0 Å². The fraction of sp³-hybridized carbons (Fsp3) is 0.259. The van der Waals surface area contributed by atoms with Crippen molar-refractivity contribution in [2.75, 3.05) is 6.61 Å². The molecular formula is C27H23NO6Se. The third-order valence-electron chi connectivity index (χ3n) is 6.52. The number of hydrogen-bond donors (Lipinski definition) is 1. The molecule has 0 spiro atoms.